The second kappa shape index (κ2) is 7.31. The molecule has 0 spiro atoms. The van der Waals surface area contributed by atoms with Crippen molar-refractivity contribution >= 4 is 0 Å². The highest BCUT2D eigenvalue weighted by molar-refractivity contribution is 5.42. The van der Waals surface area contributed by atoms with Crippen molar-refractivity contribution in [3.8, 4) is 0 Å². The van der Waals surface area contributed by atoms with Crippen molar-refractivity contribution in [3.63, 3.8) is 0 Å². The molecule has 5 N–H and O–H groups in total. The summed E-state index contributed by atoms with van der Waals surface area (Å²) in [5.74, 6) is 1.70. The molecule has 2 aliphatic heterocycles. The third kappa shape index (κ3) is 3.47. The molecule has 1 aromatic rings. The number of hydrogen-bond acceptors (Lipinski definition) is 6. The summed E-state index contributed by atoms with van der Waals surface area (Å²) >= 11 is 0. The van der Waals surface area contributed by atoms with Crippen LogP contribution in [0.2, 0.25) is 0 Å². The van der Waals surface area contributed by atoms with Gasteiger partial charge in [-0.25, -0.2) is 4.90 Å². The molecule has 1 saturated heterocycles. The van der Waals surface area contributed by atoms with Gasteiger partial charge < -0.3 is 20.4 Å². The lowest BCUT2D eigenvalue weighted by Crippen LogP contribution is -2.57. The van der Waals surface area contributed by atoms with Gasteiger partial charge in [-0.1, -0.05) is 39.0 Å². The van der Waals surface area contributed by atoms with Crippen LogP contribution < -0.4 is 5.32 Å². The van der Waals surface area contributed by atoms with Crippen molar-refractivity contribution < 1.29 is 20.4 Å². The fourth-order valence-electron chi connectivity index (χ4n) is 3.88. The zero-order valence-corrected chi connectivity index (χ0v) is 15.1. The Labute approximate surface area is 149 Å². The van der Waals surface area contributed by atoms with E-state index in [0.717, 1.165) is 17.5 Å². The third-order valence-electron chi connectivity index (χ3n) is 5.69. The van der Waals surface area contributed by atoms with E-state index in [1.807, 2.05) is 18.2 Å². The quantitative estimate of drug-likeness (QED) is 0.560. The lowest BCUT2D eigenvalue weighted by atomic mass is 9.88. The Kier molecular flexibility index (Phi) is 5.48. The van der Waals surface area contributed by atoms with Crippen LogP contribution in [0, 0.1) is 11.8 Å². The standard InChI is InChI=1S/C19H29N2O4/c1-10(2)11(3)9-12-5-4-6-13-16(12)19(25)21(18(13)24)14-7-8-15(22)20-17(14)23/h4-6,11,14-15,17-20,22-25H,7-9H2,1-3H3. The number of nitrogens with one attached hydrogen (secondary N) is 1. The van der Waals surface area contributed by atoms with Gasteiger partial charge in [0.1, 0.15) is 24.9 Å². The van der Waals surface area contributed by atoms with Gasteiger partial charge in [0.25, 0.3) is 0 Å². The molecular formula is C19H29N2O4. The van der Waals surface area contributed by atoms with E-state index in [0.29, 0.717) is 24.3 Å². The SMILES string of the molecule is C[C](C)C(C)Cc1cccc2c1C(O)N(C1CCC(O)NC1O)C2O. The van der Waals surface area contributed by atoms with E-state index in [1.54, 1.807) is 4.90 Å². The van der Waals surface area contributed by atoms with Crippen molar-refractivity contribution in [2.45, 2.75) is 71.0 Å². The van der Waals surface area contributed by atoms with Crippen molar-refractivity contribution in [1.82, 2.24) is 10.2 Å². The molecule has 6 nitrogen and oxygen atoms in total. The molecule has 0 aromatic heterocycles. The van der Waals surface area contributed by atoms with Gasteiger partial charge in [-0.05, 0) is 36.7 Å². The molecule has 139 valence electrons. The zero-order chi connectivity index (χ0) is 18.3. The first-order valence-electron chi connectivity index (χ1n) is 8.98. The minimum Gasteiger partial charge on any atom is -0.379 e. The fraction of sp³-hybridized carbons (Fsp3) is 0.632. The molecule has 6 atom stereocenters. The maximum atomic E-state index is 10.9. The molecule has 6 heteroatoms. The Morgan fingerprint density at radius 2 is 1.88 bits per heavy atom. The highest BCUT2D eigenvalue weighted by Crippen LogP contribution is 2.44. The van der Waals surface area contributed by atoms with E-state index in [4.69, 9.17) is 0 Å². The van der Waals surface area contributed by atoms with E-state index in [2.05, 4.69) is 26.1 Å². The molecule has 25 heavy (non-hydrogen) atoms. The first-order valence-corrected chi connectivity index (χ1v) is 8.98. The van der Waals surface area contributed by atoms with Gasteiger partial charge in [-0.15, -0.1) is 0 Å². The van der Waals surface area contributed by atoms with Crippen LogP contribution in [-0.2, 0) is 6.42 Å². The van der Waals surface area contributed by atoms with Crippen LogP contribution in [0.1, 0.15) is 62.8 Å². The van der Waals surface area contributed by atoms with Gasteiger partial charge in [0.2, 0.25) is 0 Å². The number of piperidine rings is 1. The summed E-state index contributed by atoms with van der Waals surface area (Å²) in [4.78, 5) is 1.55. The molecule has 0 bridgehead atoms. The summed E-state index contributed by atoms with van der Waals surface area (Å²) in [6.45, 7) is 6.35. The van der Waals surface area contributed by atoms with E-state index in [9.17, 15) is 20.4 Å². The average molecular weight is 349 g/mol. The highest BCUT2D eigenvalue weighted by Gasteiger charge is 2.45. The second-order valence-electron chi connectivity index (χ2n) is 7.57. The van der Waals surface area contributed by atoms with Crippen LogP contribution in [0.15, 0.2) is 18.2 Å². The maximum absolute atomic E-state index is 10.9. The number of benzene rings is 1. The average Bonchev–Trinajstić information content (AvgIpc) is 2.80. The van der Waals surface area contributed by atoms with Gasteiger partial charge in [0.15, 0.2) is 0 Å². The van der Waals surface area contributed by atoms with E-state index >= 15 is 0 Å². The number of nitrogens with zero attached hydrogens (tertiary/aromatic N) is 1. The fourth-order valence-corrected chi connectivity index (χ4v) is 3.88. The minimum atomic E-state index is -1.00. The van der Waals surface area contributed by atoms with Gasteiger partial charge >= 0.3 is 0 Å². The Hall–Kier alpha value is -1.02. The number of aliphatic hydroxyl groups is 4. The van der Waals surface area contributed by atoms with Gasteiger partial charge in [-0.3, -0.25) is 5.32 Å². The van der Waals surface area contributed by atoms with Crippen LogP contribution >= 0.6 is 0 Å². The van der Waals surface area contributed by atoms with Crippen molar-refractivity contribution in [2.24, 2.45) is 5.92 Å². The van der Waals surface area contributed by atoms with E-state index in [1.165, 1.54) is 5.92 Å². The van der Waals surface area contributed by atoms with Gasteiger partial charge in [0.05, 0.1) is 6.04 Å². The molecule has 1 radical (unpaired) electrons. The molecular weight excluding hydrogens is 320 g/mol. The Morgan fingerprint density at radius 1 is 1.16 bits per heavy atom. The summed E-state index contributed by atoms with van der Waals surface area (Å²) in [6.07, 6.45) is -1.95. The minimum absolute atomic E-state index is 0.377. The van der Waals surface area contributed by atoms with Crippen LogP contribution in [0.5, 0.6) is 0 Å². The van der Waals surface area contributed by atoms with Crippen LogP contribution in [0.3, 0.4) is 0 Å². The molecule has 2 aliphatic rings. The number of fused-ring (bicyclic) bond motifs is 1. The van der Waals surface area contributed by atoms with Crippen LogP contribution in [-0.4, -0.2) is 43.8 Å². The van der Waals surface area contributed by atoms with E-state index < -0.39 is 31.0 Å². The largest absolute Gasteiger partial charge is 0.379 e. The highest BCUT2D eigenvalue weighted by atomic mass is 16.3. The van der Waals surface area contributed by atoms with Crippen molar-refractivity contribution in [1.29, 1.82) is 0 Å². The molecule has 0 saturated carbocycles. The molecule has 6 unspecified atom stereocenters. The Bertz CT molecular complexity index is 609. The lowest BCUT2D eigenvalue weighted by molar-refractivity contribution is -0.159. The number of rotatable bonds is 4. The first-order chi connectivity index (χ1) is 11.8. The van der Waals surface area contributed by atoms with E-state index in [-0.39, 0.29) is 0 Å². The van der Waals surface area contributed by atoms with Gasteiger partial charge in [0, 0.05) is 11.1 Å². The molecule has 2 heterocycles. The smallest absolute Gasteiger partial charge is 0.136 e. The molecule has 0 aliphatic carbocycles. The number of hydrogen-bond donors (Lipinski definition) is 5. The summed E-state index contributed by atoms with van der Waals surface area (Å²) < 4.78 is 0. The summed E-state index contributed by atoms with van der Waals surface area (Å²) in [5.41, 5.74) is 2.48. The maximum Gasteiger partial charge on any atom is 0.136 e. The first kappa shape index (κ1) is 18.8. The summed E-state index contributed by atoms with van der Waals surface area (Å²) in [5, 5.41) is 44.3. The lowest BCUT2D eigenvalue weighted by Gasteiger charge is -2.40. The molecule has 1 aromatic carbocycles. The van der Waals surface area contributed by atoms with Gasteiger partial charge in [-0.2, -0.15) is 0 Å². The van der Waals surface area contributed by atoms with Crippen LogP contribution in [0.25, 0.3) is 0 Å². The van der Waals surface area contributed by atoms with Crippen molar-refractivity contribution in [3.05, 3.63) is 40.8 Å². The molecule has 3 rings (SSSR count). The van der Waals surface area contributed by atoms with Crippen molar-refractivity contribution in [2.75, 3.05) is 0 Å². The normalized spacial score (nSPS) is 34.3. The monoisotopic (exact) mass is 349 g/mol. The zero-order valence-electron chi connectivity index (χ0n) is 15.1. The third-order valence-corrected chi connectivity index (χ3v) is 5.69. The predicted molar refractivity (Wildman–Crippen MR) is 93.8 cm³/mol. The summed E-state index contributed by atoms with van der Waals surface area (Å²) in [7, 11) is 0. The Balaban J connectivity index is 1.89. The second-order valence-corrected chi connectivity index (χ2v) is 7.57. The number of aliphatic hydroxyl groups excluding tert-OH is 4. The summed E-state index contributed by atoms with van der Waals surface area (Å²) in [6, 6.07) is 5.27. The predicted octanol–water partition coefficient (Wildman–Crippen LogP) is 1.17. The Morgan fingerprint density at radius 3 is 2.52 bits per heavy atom. The van der Waals surface area contributed by atoms with Crippen LogP contribution in [0.4, 0.5) is 0 Å². The molecule has 1 fully saturated rings. The molecule has 0 amide bonds. The topological polar surface area (TPSA) is 96.2 Å².